The summed E-state index contributed by atoms with van der Waals surface area (Å²) in [4.78, 5) is 23.4. The van der Waals surface area contributed by atoms with Crippen LogP contribution in [0.25, 0.3) is 0 Å². The molecule has 0 spiro atoms. The number of hydrogen-bond acceptors (Lipinski definition) is 3. The van der Waals surface area contributed by atoms with Gasteiger partial charge in [0.1, 0.15) is 20.8 Å². The summed E-state index contributed by atoms with van der Waals surface area (Å²) in [6, 6.07) is 8.43. The second-order valence-corrected chi connectivity index (χ2v) is 4.48. The molecule has 0 aliphatic heterocycles. The van der Waals surface area contributed by atoms with Crippen LogP contribution in [0.2, 0.25) is 0 Å². The number of para-hydroxylation sites is 1. The molecule has 3 nitrogen and oxygen atoms in total. The van der Waals surface area contributed by atoms with Gasteiger partial charge >= 0.3 is 0 Å². The van der Waals surface area contributed by atoms with Gasteiger partial charge < -0.3 is 4.74 Å². The summed E-state index contributed by atoms with van der Waals surface area (Å²) >= 11 is 17.0. The molecule has 92 valence electrons. The molecule has 0 atom stereocenters. The number of ketones is 2. The molecule has 0 saturated heterocycles. The number of Topliss-reactive ketones (excluding diaryl/α,β-unsaturated/α-hetero) is 2. The predicted octanol–water partition coefficient (Wildman–Crippen LogP) is 3.36. The van der Waals surface area contributed by atoms with Crippen LogP contribution in [0.1, 0.15) is 0 Å². The van der Waals surface area contributed by atoms with E-state index in [4.69, 9.17) is 39.5 Å². The van der Waals surface area contributed by atoms with Gasteiger partial charge in [-0.05, 0) is 12.1 Å². The van der Waals surface area contributed by atoms with Gasteiger partial charge in [0.2, 0.25) is 11.6 Å². The number of benzene rings is 1. The van der Waals surface area contributed by atoms with Gasteiger partial charge in [0.15, 0.2) is 5.76 Å². The van der Waals surface area contributed by atoms with E-state index in [1.54, 1.807) is 30.3 Å². The van der Waals surface area contributed by atoms with E-state index in [0.717, 1.165) is 0 Å². The van der Waals surface area contributed by atoms with Crippen LogP contribution in [0.15, 0.2) is 51.2 Å². The molecule has 2 rings (SSSR count). The minimum atomic E-state index is -0.728. The first-order chi connectivity index (χ1) is 8.52. The average molecular weight is 304 g/mol. The first-order valence-corrected chi connectivity index (χ1v) is 5.93. The highest BCUT2D eigenvalue weighted by molar-refractivity contribution is 6.64. The van der Waals surface area contributed by atoms with Gasteiger partial charge in [-0.1, -0.05) is 53.0 Å². The minimum absolute atomic E-state index is 0.317. The molecule has 0 fully saturated rings. The molecule has 0 aromatic heterocycles. The Kier molecular flexibility index (Phi) is 3.76. The molecule has 0 N–H and O–H groups in total. The topological polar surface area (TPSA) is 43.4 Å². The zero-order valence-electron chi connectivity index (χ0n) is 8.75. The number of ether oxygens (including phenoxy) is 1. The SMILES string of the molecule is O=C1C(Cl)=C(Cl)C(=O)C(Oc2ccccc2)=C1Cl. The van der Waals surface area contributed by atoms with Crippen LogP contribution < -0.4 is 4.74 Å². The molecular weight excluding hydrogens is 298 g/mol. The fraction of sp³-hybridized carbons (Fsp3) is 0. The maximum Gasteiger partial charge on any atom is 0.242 e. The smallest absolute Gasteiger partial charge is 0.242 e. The van der Waals surface area contributed by atoms with E-state index < -0.39 is 21.6 Å². The highest BCUT2D eigenvalue weighted by Gasteiger charge is 2.34. The molecule has 6 heteroatoms. The summed E-state index contributed by atoms with van der Waals surface area (Å²) in [7, 11) is 0. The van der Waals surface area contributed by atoms with Crippen molar-refractivity contribution < 1.29 is 14.3 Å². The summed E-state index contributed by atoms with van der Waals surface area (Å²) in [5, 5.41) is -1.16. The molecule has 0 bridgehead atoms. The Hall–Kier alpha value is -1.29. The Balaban J connectivity index is 2.39. The van der Waals surface area contributed by atoms with Crippen LogP contribution >= 0.6 is 34.8 Å². The zero-order valence-corrected chi connectivity index (χ0v) is 11.0. The summed E-state index contributed by atoms with van der Waals surface area (Å²) in [6.07, 6.45) is 0. The molecule has 0 unspecified atom stereocenters. The quantitative estimate of drug-likeness (QED) is 0.787. The number of carbonyl (C=O) groups is 2. The van der Waals surface area contributed by atoms with Crippen molar-refractivity contribution >= 4 is 46.4 Å². The van der Waals surface area contributed by atoms with Gasteiger partial charge in [0, 0.05) is 0 Å². The number of carbonyl (C=O) groups excluding carboxylic acids is 2. The summed E-state index contributed by atoms with van der Waals surface area (Å²) < 4.78 is 5.27. The van der Waals surface area contributed by atoms with Crippen LogP contribution in [0.3, 0.4) is 0 Å². The Morgan fingerprint density at radius 3 is 1.94 bits per heavy atom. The Bertz CT molecular complexity index is 588. The molecule has 18 heavy (non-hydrogen) atoms. The third kappa shape index (κ3) is 2.29. The van der Waals surface area contributed by atoms with Crippen molar-refractivity contribution in [2.75, 3.05) is 0 Å². The van der Waals surface area contributed by atoms with Crippen LogP contribution in [-0.2, 0) is 9.59 Å². The first kappa shape index (κ1) is 13.1. The molecule has 0 saturated carbocycles. The largest absolute Gasteiger partial charge is 0.451 e. The van der Waals surface area contributed by atoms with Crippen LogP contribution in [-0.4, -0.2) is 11.6 Å². The lowest BCUT2D eigenvalue weighted by molar-refractivity contribution is -0.116. The maximum atomic E-state index is 11.8. The number of rotatable bonds is 2. The zero-order chi connectivity index (χ0) is 13.3. The highest BCUT2D eigenvalue weighted by Crippen LogP contribution is 2.32. The van der Waals surface area contributed by atoms with Crippen molar-refractivity contribution in [2.24, 2.45) is 0 Å². The molecule has 1 aliphatic rings. The maximum absolute atomic E-state index is 11.8. The second kappa shape index (κ2) is 5.14. The minimum Gasteiger partial charge on any atom is -0.451 e. The third-order valence-electron chi connectivity index (χ3n) is 2.16. The first-order valence-electron chi connectivity index (χ1n) is 4.79. The Morgan fingerprint density at radius 2 is 1.33 bits per heavy atom. The fourth-order valence-corrected chi connectivity index (χ4v) is 1.91. The number of halogens is 3. The van der Waals surface area contributed by atoms with E-state index >= 15 is 0 Å². The van der Waals surface area contributed by atoms with Crippen molar-refractivity contribution in [3.63, 3.8) is 0 Å². The van der Waals surface area contributed by atoms with E-state index in [1.165, 1.54) is 0 Å². The van der Waals surface area contributed by atoms with Gasteiger partial charge in [-0.25, -0.2) is 0 Å². The predicted molar refractivity (Wildman–Crippen MR) is 68.7 cm³/mol. The molecule has 1 aromatic carbocycles. The normalized spacial score (nSPS) is 16.4. The van der Waals surface area contributed by atoms with E-state index in [1.807, 2.05) is 0 Å². The monoisotopic (exact) mass is 302 g/mol. The molecule has 0 heterocycles. The number of allylic oxidation sites excluding steroid dienone is 3. The lowest BCUT2D eigenvalue weighted by Crippen LogP contribution is -2.21. The molecule has 0 amide bonds. The lowest BCUT2D eigenvalue weighted by atomic mass is 10.1. The highest BCUT2D eigenvalue weighted by atomic mass is 35.5. The van der Waals surface area contributed by atoms with Crippen LogP contribution in [0, 0.1) is 0 Å². The van der Waals surface area contributed by atoms with Crippen molar-refractivity contribution in [2.45, 2.75) is 0 Å². The van der Waals surface area contributed by atoms with E-state index in [2.05, 4.69) is 0 Å². The average Bonchev–Trinajstić information content (AvgIpc) is 2.40. The molecule has 1 aliphatic carbocycles. The van der Waals surface area contributed by atoms with Gasteiger partial charge in [0.05, 0.1) is 0 Å². The van der Waals surface area contributed by atoms with Gasteiger partial charge in [-0.15, -0.1) is 0 Å². The van der Waals surface area contributed by atoms with Gasteiger partial charge in [-0.3, -0.25) is 9.59 Å². The van der Waals surface area contributed by atoms with E-state index in [-0.39, 0.29) is 10.8 Å². The third-order valence-corrected chi connectivity index (χ3v) is 3.32. The van der Waals surface area contributed by atoms with Gasteiger partial charge in [-0.2, -0.15) is 0 Å². The number of hydrogen-bond donors (Lipinski definition) is 0. The lowest BCUT2D eigenvalue weighted by Gasteiger charge is -2.15. The van der Waals surface area contributed by atoms with Crippen molar-refractivity contribution in [3.8, 4) is 5.75 Å². The molecule has 1 aromatic rings. The standard InChI is InChI=1S/C12H5Cl3O3/c13-7-8(14)11(17)12(9(15)10(7)16)18-6-4-2-1-3-5-6/h1-5H. The fourth-order valence-electron chi connectivity index (χ4n) is 1.30. The molecular formula is C12H5Cl3O3. The molecule has 0 radical (unpaired) electrons. The van der Waals surface area contributed by atoms with Gasteiger partial charge in [0.25, 0.3) is 0 Å². The van der Waals surface area contributed by atoms with Crippen molar-refractivity contribution in [1.29, 1.82) is 0 Å². The van der Waals surface area contributed by atoms with E-state index in [9.17, 15) is 9.59 Å². The van der Waals surface area contributed by atoms with E-state index in [0.29, 0.717) is 5.75 Å². The van der Waals surface area contributed by atoms with Crippen LogP contribution in [0.4, 0.5) is 0 Å². The second-order valence-electron chi connectivity index (χ2n) is 3.34. The Morgan fingerprint density at radius 1 is 0.778 bits per heavy atom. The van der Waals surface area contributed by atoms with Crippen LogP contribution in [0.5, 0.6) is 5.75 Å². The summed E-state index contributed by atoms with van der Waals surface area (Å²) in [5.74, 6) is -1.39. The summed E-state index contributed by atoms with van der Waals surface area (Å²) in [5.41, 5.74) is 0. The summed E-state index contributed by atoms with van der Waals surface area (Å²) in [6.45, 7) is 0. The van der Waals surface area contributed by atoms with Crippen molar-refractivity contribution in [3.05, 3.63) is 51.2 Å². The van der Waals surface area contributed by atoms with Crippen molar-refractivity contribution in [1.82, 2.24) is 0 Å². The Labute approximate surface area is 118 Å².